The van der Waals surface area contributed by atoms with E-state index < -0.39 is 0 Å². The average Bonchev–Trinajstić information content (AvgIpc) is 3.13. The molecule has 0 spiro atoms. The van der Waals surface area contributed by atoms with Gasteiger partial charge in [-0.1, -0.05) is 0 Å². The second-order valence-electron chi connectivity index (χ2n) is 5.86. The van der Waals surface area contributed by atoms with E-state index in [9.17, 15) is 14.4 Å². The maximum absolute atomic E-state index is 12.0. The third-order valence-corrected chi connectivity index (χ3v) is 4.22. The quantitative estimate of drug-likeness (QED) is 0.838. The summed E-state index contributed by atoms with van der Waals surface area (Å²) in [6.07, 6.45) is 2.53. The molecule has 138 valence electrons. The van der Waals surface area contributed by atoms with E-state index in [4.69, 9.17) is 9.15 Å². The first-order valence-electron chi connectivity index (χ1n) is 8.53. The van der Waals surface area contributed by atoms with E-state index in [1.165, 1.54) is 13.2 Å². The van der Waals surface area contributed by atoms with Gasteiger partial charge in [-0.05, 0) is 31.9 Å². The van der Waals surface area contributed by atoms with Crippen LogP contribution in [0.25, 0.3) is 0 Å². The molecule has 1 N–H and O–H groups in total. The van der Waals surface area contributed by atoms with Crippen molar-refractivity contribution >= 4 is 17.9 Å². The SMILES string of the molecule is CCOC(=O)N1CCC(N(CCNC(=O)c2ccco2)C(C)=O)CC1. The number of carbonyl (C=O) groups is 3. The summed E-state index contributed by atoms with van der Waals surface area (Å²) in [6, 6.07) is 3.29. The minimum atomic E-state index is -0.305. The normalized spacial score (nSPS) is 14.9. The molecule has 0 atom stereocenters. The van der Waals surface area contributed by atoms with Gasteiger partial charge in [-0.3, -0.25) is 9.59 Å². The third kappa shape index (κ3) is 5.23. The summed E-state index contributed by atoms with van der Waals surface area (Å²) in [5, 5.41) is 2.74. The maximum atomic E-state index is 12.0. The van der Waals surface area contributed by atoms with Crippen molar-refractivity contribution in [2.24, 2.45) is 0 Å². The number of piperidine rings is 1. The Morgan fingerprint density at radius 2 is 2.08 bits per heavy atom. The van der Waals surface area contributed by atoms with Crippen LogP contribution >= 0.6 is 0 Å². The summed E-state index contributed by atoms with van der Waals surface area (Å²) in [4.78, 5) is 39.0. The van der Waals surface area contributed by atoms with E-state index in [-0.39, 0.29) is 29.7 Å². The minimum absolute atomic E-state index is 0.0400. The molecule has 1 aromatic heterocycles. The van der Waals surface area contributed by atoms with Gasteiger partial charge in [0.25, 0.3) is 5.91 Å². The van der Waals surface area contributed by atoms with Gasteiger partial charge in [0.2, 0.25) is 5.91 Å². The number of nitrogens with one attached hydrogen (secondary N) is 1. The third-order valence-electron chi connectivity index (χ3n) is 4.22. The van der Waals surface area contributed by atoms with E-state index >= 15 is 0 Å². The number of likely N-dealkylation sites (tertiary alicyclic amines) is 1. The molecule has 1 fully saturated rings. The molecule has 2 heterocycles. The molecule has 0 unspecified atom stereocenters. The largest absolute Gasteiger partial charge is 0.459 e. The summed E-state index contributed by atoms with van der Waals surface area (Å²) in [6.45, 7) is 5.54. The first-order valence-corrected chi connectivity index (χ1v) is 8.53. The molecule has 1 aliphatic rings. The molecule has 0 saturated carbocycles. The van der Waals surface area contributed by atoms with Crippen LogP contribution < -0.4 is 5.32 Å². The van der Waals surface area contributed by atoms with E-state index in [2.05, 4.69) is 5.32 Å². The maximum Gasteiger partial charge on any atom is 0.409 e. The van der Waals surface area contributed by atoms with Crippen molar-refractivity contribution in [2.45, 2.75) is 32.7 Å². The second kappa shape index (κ2) is 9.10. The van der Waals surface area contributed by atoms with Crippen LogP contribution in [0.3, 0.4) is 0 Å². The predicted octanol–water partition coefficient (Wildman–Crippen LogP) is 1.48. The highest BCUT2D eigenvalue weighted by atomic mass is 16.6. The molecule has 8 heteroatoms. The summed E-state index contributed by atoms with van der Waals surface area (Å²) in [5.41, 5.74) is 0. The lowest BCUT2D eigenvalue weighted by Gasteiger charge is -2.37. The number of ether oxygens (including phenoxy) is 1. The molecule has 0 radical (unpaired) electrons. The topological polar surface area (TPSA) is 92.1 Å². The van der Waals surface area contributed by atoms with Gasteiger partial charge in [-0.2, -0.15) is 0 Å². The molecule has 0 aromatic carbocycles. The van der Waals surface area contributed by atoms with Crippen LogP contribution in [0.15, 0.2) is 22.8 Å². The van der Waals surface area contributed by atoms with Gasteiger partial charge in [0.05, 0.1) is 12.9 Å². The highest BCUT2D eigenvalue weighted by Crippen LogP contribution is 2.17. The standard InChI is InChI=1S/C17H25N3O5/c1-3-24-17(23)19-9-6-14(7-10-19)20(13(2)21)11-8-18-16(22)15-5-4-12-25-15/h4-5,12,14H,3,6-11H2,1-2H3,(H,18,22). The van der Waals surface area contributed by atoms with Crippen LogP contribution in [0.2, 0.25) is 0 Å². The van der Waals surface area contributed by atoms with Crippen LogP contribution in [0, 0.1) is 0 Å². The van der Waals surface area contributed by atoms with Crippen LogP contribution in [0.1, 0.15) is 37.2 Å². The lowest BCUT2D eigenvalue weighted by molar-refractivity contribution is -0.131. The zero-order chi connectivity index (χ0) is 18.2. The van der Waals surface area contributed by atoms with Gasteiger partial charge in [0.1, 0.15) is 0 Å². The average molecular weight is 351 g/mol. The Morgan fingerprint density at radius 1 is 1.36 bits per heavy atom. The van der Waals surface area contributed by atoms with Crippen molar-refractivity contribution < 1.29 is 23.5 Å². The summed E-state index contributed by atoms with van der Waals surface area (Å²) in [7, 11) is 0. The Bertz CT molecular complexity index is 579. The van der Waals surface area contributed by atoms with Crippen LogP contribution in [-0.2, 0) is 9.53 Å². The molecular weight excluding hydrogens is 326 g/mol. The van der Waals surface area contributed by atoms with Crippen molar-refractivity contribution in [3.63, 3.8) is 0 Å². The molecule has 1 saturated heterocycles. The number of hydrogen-bond donors (Lipinski definition) is 1. The Hall–Kier alpha value is -2.51. The summed E-state index contributed by atoms with van der Waals surface area (Å²) >= 11 is 0. The molecule has 3 amide bonds. The molecule has 0 bridgehead atoms. The number of hydrogen-bond acceptors (Lipinski definition) is 5. The Labute approximate surface area is 147 Å². The molecule has 25 heavy (non-hydrogen) atoms. The fourth-order valence-corrected chi connectivity index (χ4v) is 2.96. The molecule has 2 rings (SSSR count). The van der Waals surface area contributed by atoms with Crippen LogP contribution in [0.5, 0.6) is 0 Å². The Morgan fingerprint density at radius 3 is 2.64 bits per heavy atom. The summed E-state index contributed by atoms with van der Waals surface area (Å²) in [5.74, 6) is -0.0930. The number of furan rings is 1. The van der Waals surface area contributed by atoms with Crippen molar-refractivity contribution in [2.75, 3.05) is 32.8 Å². The van der Waals surface area contributed by atoms with E-state index in [0.29, 0.717) is 45.6 Å². The summed E-state index contributed by atoms with van der Waals surface area (Å²) < 4.78 is 10.0. The van der Waals surface area contributed by atoms with Crippen LogP contribution in [0.4, 0.5) is 4.79 Å². The molecule has 8 nitrogen and oxygen atoms in total. The zero-order valence-corrected chi connectivity index (χ0v) is 14.7. The number of rotatable bonds is 6. The molecule has 1 aromatic rings. The first kappa shape index (κ1) is 18.8. The van der Waals surface area contributed by atoms with Crippen molar-refractivity contribution in [1.82, 2.24) is 15.1 Å². The van der Waals surface area contributed by atoms with Gasteiger partial charge in [0.15, 0.2) is 5.76 Å². The fraction of sp³-hybridized carbons (Fsp3) is 0.588. The van der Waals surface area contributed by atoms with E-state index in [1.54, 1.807) is 28.9 Å². The number of nitrogens with zero attached hydrogens (tertiary/aromatic N) is 2. The monoisotopic (exact) mass is 351 g/mol. The molecule has 1 aliphatic heterocycles. The van der Waals surface area contributed by atoms with Crippen molar-refractivity contribution in [1.29, 1.82) is 0 Å². The van der Waals surface area contributed by atoms with Crippen molar-refractivity contribution in [3.8, 4) is 0 Å². The highest BCUT2D eigenvalue weighted by molar-refractivity contribution is 5.91. The minimum Gasteiger partial charge on any atom is -0.459 e. The van der Waals surface area contributed by atoms with E-state index in [1.807, 2.05) is 0 Å². The van der Waals surface area contributed by atoms with Gasteiger partial charge >= 0.3 is 6.09 Å². The van der Waals surface area contributed by atoms with Gasteiger partial charge in [-0.15, -0.1) is 0 Å². The molecule has 0 aliphatic carbocycles. The highest BCUT2D eigenvalue weighted by Gasteiger charge is 2.28. The lowest BCUT2D eigenvalue weighted by atomic mass is 10.0. The predicted molar refractivity (Wildman–Crippen MR) is 90.0 cm³/mol. The van der Waals surface area contributed by atoms with E-state index in [0.717, 1.165) is 0 Å². The van der Waals surface area contributed by atoms with Crippen LogP contribution in [-0.4, -0.2) is 66.5 Å². The first-order chi connectivity index (χ1) is 12.0. The van der Waals surface area contributed by atoms with Gasteiger partial charge < -0.3 is 24.3 Å². The van der Waals surface area contributed by atoms with Crippen molar-refractivity contribution in [3.05, 3.63) is 24.2 Å². The Kier molecular flexibility index (Phi) is 6.85. The smallest absolute Gasteiger partial charge is 0.409 e. The van der Waals surface area contributed by atoms with Gasteiger partial charge in [-0.25, -0.2) is 4.79 Å². The Balaban J connectivity index is 1.80. The van der Waals surface area contributed by atoms with Gasteiger partial charge in [0, 0.05) is 39.1 Å². The molecular formula is C17H25N3O5. The fourth-order valence-electron chi connectivity index (χ4n) is 2.96. The number of amides is 3. The lowest BCUT2D eigenvalue weighted by Crippen LogP contribution is -2.50. The number of carbonyl (C=O) groups excluding carboxylic acids is 3. The zero-order valence-electron chi connectivity index (χ0n) is 14.7. The second-order valence-corrected chi connectivity index (χ2v) is 5.86.